The van der Waals surface area contributed by atoms with Crippen LogP contribution in [0, 0.1) is 5.41 Å². The van der Waals surface area contributed by atoms with E-state index in [0.29, 0.717) is 29.0 Å². The number of carbonyl (C=O) groups is 1. The second-order valence-electron chi connectivity index (χ2n) is 7.84. The summed E-state index contributed by atoms with van der Waals surface area (Å²) in [7, 11) is 3.21. The van der Waals surface area contributed by atoms with Gasteiger partial charge in [0.1, 0.15) is 6.04 Å². The van der Waals surface area contributed by atoms with Crippen molar-refractivity contribution in [2.24, 2.45) is 5.41 Å². The first-order chi connectivity index (χ1) is 13.4. The van der Waals surface area contributed by atoms with Gasteiger partial charge in [-0.1, -0.05) is 31.7 Å². The Morgan fingerprint density at radius 1 is 1.21 bits per heavy atom. The maximum Gasteiger partial charge on any atom is 0.227 e. The second-order valence-corrected chi connectivity index (χ2v) is 8.62. The van der Waals surface area contributed by atoms with Gasteiger partial charge < -0.3 is 14.8 Å². The lowest BCUT2D eigenvalue weighted by Crippen LogP contribution is -2.36. The first-order valence-corrected chi connectivity index (χ1v) is 10.3. The van der Waals surface area contributed by atoms with Crippen LogP contribution in [0.2, 0.25) is 0 Å². The van der Waals surface area contributed by atoms with Gasteiger partial charge in [-0.3, -0.25) is 4.79 Å². The summed E-state index contributed by atoms with van der Waals surface area (Å²) >= 11 is 1.48. The van der Waals surface area contributed by atoms with Gasteiger partial charge in [0, 0.05) is 17.7 Å². The van der Waals surface area contributed by atoms with Crippen LogP contribution < -0.4 is 14.8 Å². The number of nitrogens with one attached hydrogen (secondary N) is 1. The Labute approximate surface area is 168 Å². The Morgan fingerprint density at radius 2 is 1.96 bits per heavy atom. The third-order valence-electron chi connectivity index (χ3n) is 5.22. The molecule has 0 unspecified atom stereocenters. The van der Waals surface area contributed by atoms with Gasteiger partial charge in [-0.25, -0.2) is 4.68 Å². The Balaban J connectivity index is 1.91. The predicted octanol–water partition coefficient (Wildman–Crippen LogP) is 3.68. The van der Waals surface area contributed by atoms with Gasteiger partial charge in [-0.05, 0) is 35.8 Å². The Bertz CT molecular complexity index is 980. The van der Waals surface area contributed by atoms with Gasteiger partial charge in [-0.2, -0.15) is 4.98 Å². The summed E-state index contributed by atoms with van der Waals surface area (Å²) < 4.78 is 12.7. The maximum atomic E-state index is 13.2. The van der Waals surface area contributed by atoms with E-state index in [1.54, 1.807) is 14.2 Å². The molecule has 0 fully saturated rings. The Hall–Kier alpha value is -2.48. The van der Waals surface area contributed by atoms with Crippen LogP contribution >= 0.6 is 11.8 Å². The Kier molecular flexibility index (Phi) is 4.61. The second kappa shape index (κ2) is 6.84. The predicted molar refractivity (Wildman–Crippen MR) is 108 cm³/mol. The number of anilines is 1. The van der Waals surface area contributed by atoms with Gasteiger partial charge in [-0.15, -0.1) is 5.10 Å². The summed E-state index contributed by atoms with van der Waals surface area (Å²) in [5.41, 5.74) is 2.53. The molecule has 0 bridgehead atoms. The molecule has 0 radical (unpaired) electrons. The molecule has 8 heteroatoms. The minimum Gasteiger partial charge on any atom is -0.493 e. The fraction of sp³-hybridized carbons (Fsp3) is 0.450. The van der Waals surface area contributed by atoms with Crippen LogP contribution in [-0.4, -0.2) is 41.0 Å². The van der Waals surface area contributed by atoms with Gasteiger partial charge in [0.25, 0.3) is 0 Å². The number of carbonyl (C=O) groups excluding carboxylic acids is 1. The molecule has 1 aliphatic carbocycles. The number of thioether (sulfide) groups is 1. The van der Waals surface area contributed by atoms with Crippen molar-refractivity contribution < 1.29 is 14.3 Å². The SMILES string of the molecule is COc1ccc([C@@H]2C3=C(CC(C)(C)CC3=O)Nc3nc(SC)nn32)cc1OC. The number of methoxy groups -OCH3 is 2. The number of rotatable bonds is 4. The molecule has 2 aromatic rings. The monoisotopic (exact) mass is 400 g/mol. The quantitative estimate of drug-likeness (QED) is 0.785. The summed E-state index contributed by atoms with van der Waals surface area (Å²) in [5, 5.41) is 8.67. The van der Waals surface area contributed by atoms with Crippen LogP contribution in [0.25, 0.3) is 0 Å². The molecule has 1 aromatic carbocycles. The molecule has 0 amide bonds. The van der Waals surface area contributed by atoms with Crippen molar-refractivity contribution in [2.75, 3.05) is 25.8 Å². The fourth-order valence-corrected chi connectivity index (χ4v) is 4.35. The molecule has 2 heterocycles. The zero-order valence-corrected chi connectivity index (χ0v) is 17.5. The van der Waals surface area contributed by atoms with E-state index < -0.39 is 0 Å². The Morgan fingerprint density at radius 3 is 2.64 bits per heavy atom. The lowest BCUT2D eigenvalue weighted by Gasteiger charge is -2.38. The first-order valence-electron chi connectivity index (χ1n) is 9.12. The molecule has 1 aromatic heterocycles. The van der Waals surface area contributed by atoms with E-state index in [4.69, 9.17) is 9.47 Å². The number of nitrogens with zero attached hydrogens (tertiary/aromatic N) is 3. The molecule has 148 valence electrons. The summed E-state index contributed by atoms with van der Waals surface area (Å²) in [6, 6.07) is 5.39. The van der Waals surface area contributed by atoms with Crippen LogP contribution in [-0.2, 0) is 4.79 Å². The number of ether oxygens (including phenoxy) is 2. The summed E-state index contributed by atoms with van der Waals surface area (Å²) in [6.07, 6.45) is 3.24. The minimum absolute atomic E-state index is 0.0877. The summed E-state index contributed by atoms with van der Waals surface area (Å²) in [6.45, 7) is 4.24. The zero-order chi connectivity index (χ0) is 20.1. The van der Waals surface area contributed by atoms with Crippen molar-refractivity contribution in [2.45, 2.75) is 37.9 Å². The highest BCUT2D eigenvalue weighted by Crippen LogP contribution is 2.46. The highest BCUT2D eigenvalue weighted by atomic mass is 32.2. The average molecular weight is 401 g/mol. The average Bonchev–Trinajstić information content (AvgIpc) is 3.07. The van der Waals surface area contributed by atoms with Gasteiger partial charge in [0.15, 0.2) is 17.3 Å². The number of hydrogen-bond acceptors (Lipinski definition) is 7. The van der Waals surface area contributed by atoms with E-state index in [0.717, 1.165) is 23.3 Å². The normalized spacial score (nSPS) is 20.3. The van der Waals surface area contributed by atoms with Crippen LogP contribution in [0.15, 0.2) is 34.6 Å². The van der Waals surface area contributed by atoms with Crippen LogP contribution in [0.5, 0.6) is 11.5 Å². The van der Waals surface area contributed by atoms with Crippen LogP contribution in [0.1, 0.15) is 38.3 Å². The molecule has 0 saturated heterocycles. The number of hydrogen-bond donors (Lipinski definition) is 1. The molecular weight excluding hydrogens is 376 g/mol. The lowest BCUT2D eigenvalue weighted by atomic mass is 9.73. The van der Waals surface area contributed by atoms with E-state index in [1.807, 2.05) is 29.1 Å². The third-order valence-corrected chi connectivity index (χ3v) is 5.76. The third kappa shape index (κ3) is 3.05. The molecule has 1 atom stereocenters. The molecule has 1 N–H and O–H groups in total. The molecule has 7 nitrogen and oxygen atoms in total. The number of allylic oxidation sites excluding steroid dienone is 2. The van der Waals surface area contributed by atoms with Crippen molar-refractivity contribution in [3.63, 3.8) is 0 Å². The topological polar surface area (TPSA) is 78.3 Å². The summed E-state index contributed by atoms with van der Waals surface area (Å²) in [4.78, 5) is 17.8. The highest BCUT2D eigenvalue weighted by Gasteiger charge is 2.42. The maximum absolute atomic E-state index is 13.2. The van der Waals surface area contributed by atoms with Crippen molar-refractivity contribution in [3.05, 3.63) is 35.0 Å². The van der Waals surface area contributed by atoms with E-state index in [2.05, 4.69) is 29.2 Å². The van der Waals surface area contributed by atoms with E-state index >= 15 is 0 Å². The molecule has 1 aliphatic heterocycles. The summed E-state index contributed by atoms with van der Waals surface area (Å²) in [5.74, 6) is 2.07. The van der Waals surface area contributed by atoms with Gasteiger partial charge >= 0.3 is 0 Å². The van der Waals surface area contributed by atoms with Crippen LogP contribution in [0.4, 0.5) is 5.95 Å². The van der Waals surface area contributed by atoms with Crippen LogP contribution in [0.3, 0.4) is 0 Å². The molecule has 0 spiro atoms. The lowest BCUT2D eigenvalue weighted by molar-refractivity contribution is -0.118. The molecule has 28 heavy (non-hydrogen) atoms. The molecule has 2 aliphatic rings. The van der Waals surface area contributed by atoms with E-state index in [1.165, 1.54) is 11.8 Å². The number of ketones is 1. The van der Waals surface area contributed by atoms with Gasteiger partial charge in [0.05, 0.1) is 14.2 Å². The van der Waals surface area contributed by atoms with Gasteiger partial charge in [0.2, 0.25) is 11.1 Å². The number of Topliss-reactive ketones (excluding diaryl/α,β-unsaturated/α-hetero) is 1. The van der Waals surface area contributed by atoms with Crippen molar-refractivity contribution in [1.29, 1.82) is 0 Å². The standard InChI is InChI=1S/C20H24N4O3S/c1-20(2)9-12-16(13(25)10-20)17(24-18(21-12)22-19(23-24)28-5)11-6-7-14(26-3)15(8-11)27-4/h6-8,17H,9-10H2,1-5H3,(H,21,22,23)/t17-/m1/s1. The van der Waals surface area contributed by atoms with Crippen molar-refractivity contribution >= 4 is 23.5 Å². The molecule has 0 saturated carbocycles. The molecular formula is C20H24N4O3S. The number of fused-ring (bicyclic) bond motifs is 1. The zero-order valence-electron chi connectivity index (χ0n) is 16.7. The van der Waals surface area contributed by atoms with Crippen molar-refractivity contribution in [3.8, 4) is 11.5 Å². The van der Waals surface area contributed by atoms with E-state index in [9.17, 15) is 4.79 Å². The highest BCUT2D eigenvalue weighted by molar-refractivity contribution is 7.98. The number of benzene rings is 1. The minimum atomic E-state index is -0.344. The largest absolute Gasteiger partial charge is 0.493 e. The number of aromatic nitrogens is 3. The first kappa shape index (κ1) is 18.9. The fourth-order valence-electron chi connectivity index (χ4n) is 4.01. The smallest absolute Gasteiger partial charge is 0.227 e. The van der Waals surface area contributed by atoms with E-state index in [-0.39, 0.29) is 17.2 Å². The molecule has 4 rings (SSSR count). The van der Waals surface area contributed by atoms with Crippen molar-refractivity contribution in [1.82, 2.24) is 14.8 Å².